The highest BCUT2D eigenvalue weighted by Crippen LogP contribution is 2.46. The summed E-state index contributed by atoms with van der Waals surface area (Å²) in [6.45, 7) is 8.31. The third-order valence-electron chi connectivity index (χ3n) is 6.95. The highest BCUT2D eigenvalue weighted by molar-refractivity contribution is 5.82. The van der Waals surface area contributed by atoms with Crippen LogP contribution in [0.15, 0.2) is 60.7 Å². The molecule has 3 aromatic carbocycles. The lowest BCUT2D eigenvalue weighted by Crippen LogP contribution is -2.43. The Balaban J connectivity index is 1.14. The van der Waals surface area contributed by atoms with Crippen molar-refractivity contribution in [3.63, 3.8) is 0 Å². The molecule has 1 aliphatic carbocycles. The molecule has 1 atom stereocenters. The summed E-state index contributed by atoms with van der Waals surface area (Å²) in [6, 6.07) is 23.3. The van der Waals surface area contributed by atoms with E-state index in [2.05, 4.69) is 56.3 Å². The fraction of sp³-hybridized carbons (Fsp3) is 0.367. The highest BCUT2D eigenvalue weighted by Gasteiger charge is 2.33. The number of rotatable bonds is 9. The Kier molecular flexibility index (Phi) is 6.41. The maximum absolute atomic E-state index is 9.26. The van der Waals surface area contributed by atoms with E-state index >= 15 is 0 Å². The second-order valence-electron chi connectivity index (χ2n) is 9.87. The number of unbranched alkanes of at least 4 members (excludes halogenated alkanes) is 1. The monoisotopic (exact) mass is 453 g/mol. The van der Waals surface area contributed by atoms with Crippen molar-refractivity contribution in [3.8, 4) is 34.1 Å². The fourth-order valence-electron chi connectivity index (χ4n) is 4.84. The molecule has 1 heterocycles. The average molecular weight is 454 g/mol. The zero-order valence-corrected chi connectivity index (χ0v) is 20.0. The van der Waals surface area contributed by atoms with Gasteiger partial charge in [-0.3, -0.25) is 0 Å². The molecule has 1 fully saturated rings. The molecule has 34 heavy (non-hydrogen) atoms. The molecule has 5 rings (SSSR count). The minimum atomic E-state index is 0.222. The lowest BCUT2D eigenvalue weighted by molar-refractivity contribution is -0.138. The molecule has 1 aliphatic heterocycles. The van der Waals surface area contributed by atoms with Gasteiger partial charge in [-0.05, 0) is 76.6 Å². The number of fused-ring (bicyclic) bond motifs is 3. The Labute approximate surface area is 202 Å². The van der Waals surface area contributed by atoms with E-state index in [1.807, 2.05) is 24.3 Å². The topological polar surface area (TPSA) is 51.5 Å². The second-order valence-corrected chi connectivity index (χ2v) is 9.87. The van der Waals surface area contributed by atoms with Crippen LogP contribution in [0.4, 0.5) is 0 Å². The zero-order valence-electron chi connectivity index (χ0n) is 20.0. The molecule has 0 bridgehead atoms. The smallest absolute Gasteiger partial charge is 0.119 e. The molecular formula is C30H31NO3. The lowest BCUT2D eigenvalue weighted by atomic mass is 9.90. The van der Waals surface area contributed by atoms with Crippen LogP contribution in [0.25, 0.3) is 22.3 Å². The van der Waals surface area contributed by atoms with Gasteiger partial charge in [-0.2, -0.15) is 5.26 Å². The van der Waals surface area contributed by atoms with Gasteiger partial charge in [-0.15, -0.1) is 0 Å². The van der Waals surface area contributed by atoms with E-state index in [4.69, 9.17) is 14.2 Å². The van der Waals surface area contributed by atoms with Crippen molar-refractivity contribution in [2.45, 2.75) is 32.6 Å². The van der Waals surface area contributed by atoms with Crippen LogP contribution in [-0.2, 0) is 9.47 Å². The van der Waals surface area contributed by atoms with Gasteiger partial charge in [0.1, 0.15) is 5.75 Å². The number of nitriles is 1. The Hall–Kier alpha value is -3.13. The first-order valence-corrected chi connectivity index (χ1v) is 12.1. The van der Waals surface area contributed by atoms with E-state index in [0.29, 0.717) is 6.61 Å². The van der Waals surface area contributed by atoms with Crippen LogP contribution in [0.3, 0.4) is 0 Å². The second kappa shape index (κ2) is 9.62. The molecule has 0 N–H and O–H groups in total. The van der Waals surface area contributed by atoms with E-state index < -0.39 is 0 Å². The normalized spacial score (nSPS) is 17.4. The summed E-state index contributed by atoms with van der Waals surface area (Å²) in [6.07, 6.45) is 1.98. The Bertz CT molecular complexity index is 1200. The number of hydrogen-bond donors (Lipinski definition) is 0. The summed E-state index contributed by atoms with van der Waals surface area (Å²) in [4.78, 5) is 0. The molecule has 3 aromatic rings. The predicted molar refractivity (Wildman–Crippen MR) is 134 cm³/mol. The number of benzene rings is 3. The first kappa shape index (κ1) is 22.7. The lowest BCUT2D eigenvalue weighted by Gasteiger charge is -2.37. The molecule has 4 heteroatoms. The van der Waals surface area contributed by atoms with Crippen LogP contribution in [0.5, 0.6) is 5.75 Å². The molecule has 0 saturated carbocycles. The van der Waals surface area contributed by atoms with Gasteiger partial charge in [0, 0.05) is 17.9 Å². The van der Waals surface area contributed by atoms with Crippen molar-refractivity contribution in [2.75, 3.05) is 33.0 Å². The zero-order chi connectivity index (χ0) is 23.5. The SMILES string of the molecule is CC1c2cc(C#N)ccc2-c2ccc(-c3ccc(OCCCCOCC4(C)COC4)cc3)cc21. The molecule has 174 valence electrons. The number of nitrogens with zero attached hydrogens (tertiary/aromatic N) is 1. The molecule has 1 saturated heterocycles. The van der Waals surface area contributed by atoms with Crippen LogP contribution in [-0.4, -0.2) is 33.0 Å². The van der Waals surface area contributed by atoms with Crippen LogP contribution in [0.2, 0.25) is 0 Å². The molecule has 0 spiro atoms. The molecule has 0 radical (unpaired) electrons. The minimum absolute atomic E-state index is 0.222. The molecule has 0 amide bonds. The number of ether oxygens (including phenoxy) is 3. The van der Waals surface area contributed by atoms with Gasteiger partial charge in [-0.1, -0.05) is 44.2 Å². The Morgan fingerprint density at radius 3 is 2.29 bits per heavy atom. The largest absolute Gasteiger partial charge is 0.494 e. The van der Waals surface area contributed by atoms with Gasteiger partial charge in [-0.25, -0.2) is 0 Å². The average Bonchev–Trinajstić information content (AvgIpc) is 3.13. The van der Waals surface area contributed by atoms with E-state index in [9.17, 15) is 5.26 Å². The fourth-order valence-corrected chi connectivity index (χ4v) is 4.84. The highest BCUT2D eigenvalue weighted by atomic mass is 16.5. The minimum Gasteiger partial charge on any atom is -0.494 e. The summed E-state index contributed by atoms with van der Waals surface area (Å²) < 4.78 is 17.0. The first-order chi connectivity index (χ1) is 16.6. The van der Waals surface area contributed by atoms with E-state index in [0.717, 1.165) is 50.6 Å². The summed E-state index contributed by atoms with van der Waals surface area (Å²) >= 11 is 0. The van der Waals surface area contributed by atoms with E-state index in [-0.39, 0.29) is 11.3 Å². The summed E-state index contributed by atoms with van der Waals surface area (Å²) in [5.41, 5.74) is 8.41. The van der Waals surface area contributed by atoms with E-state index in [1.54, 1.807) is 0 Å². The van der Waals surface area contributed by atoms with Gasteiger partial charge in [0.15, 0.2) is 0 Å². The van der Waals surface area contributed by atoms with Crippen LogP contribution >= 0.6 is 0 Å². The van der Waals surface area contributed by atoms with Crippen molar-refractivity contribution in [3.05, 3.63) is 77.4 Å². The van der Waals surface area contributed by atoms with Crippen LogP contribution in [0.1, 0.15) is 49.3 Å². The summed E-state index contributed by atoms with van der Waals surface area (Å²) in [5, 5.41) is 9.26. The van der Waals surface area contributed by atoms with Crippen LogP contribution in [0, 0.1) is 16.7 Å². The molecule has 2 aliphatic rings. The van der Waals surface area contributed by atoms with Gasteiger partial charge in [0.2, 0.25) is 0 Å². The predicted octanol–water partition coefficient (Wildman–Crippen LogP) is 6.57. The maximum atomic E-state index is 9.26. The number of hydrogen-bond acceptors (Lipinski definition) is 4. The Morgan fingerprint density at radius 1 is 0.912 bits per heavy atom. The van der Waals surface area contributed by atoms with Crippen molar-refractivity contribution in [1.29, 1.82) is 5.26 Å². The summed E-state index contributed by atoms with van der Waals surface area (Å²) in [5.74, 6) is 1.18. The van der Waals surface area contributed by atoms with Crippen LogP contribution < -0.4 is 4.74 Å². The third kappa shape index (κ3) is 4.59. The van der Waals surface area contributed by atoms with Crippen molar-refractivity contribution in [1.82, 2.24) is 0 Å². The first-order valence-electron chi connectivity index (χ1n) is 12.1. The standard InChI is InChI=1S/C30H31NO3/c1-21-28-15-22(17-31)5-11-26(28)27-12-8-24(16-29(21)27)23-6-9-25(10-7-23)34-14-4-3-13-32-18-30(2)19-33-20-30/h5-12,15-16,21H,3-4,13-14,18-20H2,1-2H3. The van der Waals surface area contributed by atoms with Gasteiger partial charge < -0.3 is 14.2 Å². The van der Waals surface area contributed by atoms with E-state index in [1.165, 1.54) is 33.4 Å². The van der Waals surface area contributed by atoms with Crippen molar-refractivity contribution >= 4 is 0 Å². The molecular weight excluding hydrogens is 422 g/mol. The van der Waals surface area contributed by atoms with Crippen molar-refractivity contribution < 1.29 is 14.2 Å². The molecule has 1 unspecified atom stereocenters. The Morgan fingerprint density at radius 2 is 1.59 bits per heavy atom. The molecule has 4 nitrogen and oxygen atoms in total. The van der Waals surface area contributed by atoms with Gasteiger partial charge in [0.05, 0.1) is 38.1 Å². The third-order valence-corrected chi connectivity index (χ3v) is 6.95. The quantitative estimate of drug-likeness (QED) is 0.344. The van der Waals surface area contributed by atoms with Crippen molar-refractivity contribution in [2.24, 2.45) is 5.41 Å². The summed E-state index contributed by atoms with van der Waals surface area (Å²) in [7, 11) is 0. The molecule has 0 aromatic heterocycles. The maximum Gasteiger partial charge on any atom is 0.119 e. The van der Waals surface area contributed by atoms with Gasteiger partial charge in [0.25, 0.3) is 0 Å². The van der Waals surface area contributed by atoms with Gasteiger partial charge >= 0.3 is 0 Å².